The van der Waals surface area contributed by atoms with Crippen LogP contribution in [0.15, 0.2) is 54.7 Å². The van der Waals surface area contributed by atoms with Gasteiger partial charge in [-0.3, -0.25) is 4.79 Å². The molecule has 0 unspecified atom stereocenters. The predicted octanol–water partition coefficient (Wildman–Crippen LogP) is 3.83. The van der Waals surface area contributed by atoms with Crippen LogP contribution in [0.4, 0.5) is 16.0 Å². The Hall–Kier alpha value is -3.59. The number of hydrogen-bond donors (Lipinski definition) is 1. The van der Waals surface area contributed by atoms with E-state index >= 15 is 0 Å². The Labute approximate surface area is 188 Å². The van der Waals surface area contributed by atoms with Crippen LogP contribution in [0.1, 0.15) is 12.8 Å². The Morgan fingerprint density at radius 1 is 1.12 bits per heavy atom. The summed E-state index contributed by atoms with van der Waals surface area (Å²) in [4.78, 5) is 19.0. The molecule has 3 aromatic heterocycles. The van der Waals surface area contributed by atoms with Crippen LogP contribution in [0.2, 0.25) is 5.02 Å². The Morgan fingerprint density at radius 2 is 2.00 bits per heavy atom. The molecule has 32 heavy (non-hydrogen) atoms. The fourth-order valence-corrected chi connectivity index (χ4v) is 3.95. The normalized spacial score (nSPS) is 16.3. The van der Waals surface area contributed by atoms with Crippen molar-refractivity contribution in [2.24, 2.45) is 5.92 Å². The molecule has 1 aliphatic rings. The average molecular weight is 452 g/mol. The third-order valence-electron chi connectivity index (χ3n) is 5.46. The number of carbonyl (C=O) groups is 1. The number of nitrogens with one attached hydrogen (secondary N) is 1. The number of hydrogen-bond acceptors (Lipinski definition) is 6. The molecule has 0 radical (unpaired) electrons. The molecule has 162 valence electrons. The topological polar surface area (TPSA) is 88.3 Å². The van der Waals surface area contributed by atoms with Crippen LogP contribution in [0, 0.1) is 11.7 Å². The number of amides is 1. The summed E-state index contributed by atoms with van der Waals surface area (Å²) in [5.41, 5.74) is 0.850. The Kier molecular flexibility index (Phi) is 5.40. The van der Waals surface area contributed by atoms with Gasteiger partial charge in [0.25, 0.3) is 0 Å². The van der Waals surface area contributed by atoms with Crippen molar-refractivity contribution in [3.8, 4) is 11.4 Å². The van der Waals surface area contributed by atoms with E-state index in [-0.39, 0.29) is 17.6 Å². The number of carbonyl (C=O) groups excluding carboxylic acids is 1. The largest absolute Gasteiger partial charge is 0.354 e. The van der Waals surface area contributed by atoms with E-state index in [1.54, 1.807) is 36.4 Å². The molecule has 1 aliphatic heterocycles. The highest BCUT2D eigenvalue weighted by Gasteiger charge is 2.27. The number of rotatable bonds is 4. The first-order valence-electron chi connectivity index (χ1n) is 10.2. The van der Waals surface area contributed by atoms with Gasteiger partial charge in [0.1, 0.15) is 17.5 Å². The first kappa shape index (κ1) is 20.3. The van der Waals surface area contributed by atoms with Crippen molar-refractivity contribution in [1.82, 2.24) is 24.8 Å². The summed E-state index contributed by atoms with van der Waals surface area (Å²) in [5, 5.41) is 16.2. The van der Waals surface area contributed by atoms with E-state index in [0.717, 1.165) is 19.4 Å². The van der Waals surface area contributed by atoms with Crippen LogP contribution in [0.25, 0.3) is 17.0 Å². The Morgan fingerprint density at radius 3 is 2.81 bits per heavy atom. The third kappa shape index (κ3) is 3.99. The van der Waals surface area contributed by atoms with E-state index in [4.69, 9.17) is 11.6 Å². The van der Waals surface area contributed by atoms with E-state index in [2.05, 4.69) is 25.6 Å². The number of piperidine rings is 1. The number of anilines is 2. The Bertz CT molecular complexity index is 1280. The van der Waals surface area contributed by atoms with Crippen molar-refractivity contribution in [3.63, 3.8) is 0 Å². The average Bonchev–Trinajstić information content (AvgIpc) is 3.24. The van der Waals surface area contributed by atoms with Gasteiger partial charge in [-0.05, 0) is 49.2 Å². The van der Waals surface area contributed by atoms with Gasteiger partial charge in [-0.15, -0.1) is 15.3 Å². The van der Waals surface area contributed by atoms with E-state index in [1.165, 1.54) is 16.8 Å². The minimum atomic E-state index is -0.389. The summed E-state index contributed by atoms with van der Waals surface area (Å²) >= 11 is 5.86. The van der Waals surface area contributed by atoms with Crippen molar-refractivity contribution < 1.29 is 9.18 Å². The van der Waals surface area contributed by atoms with Crippen molar-refractivity contribution in [2.45, 2.75) is 12.8 Å². The second-order valence-corrected chi connectivity index (χ2v) is 8.04. The molecule has 1 amide bonds. The fraction of sp³-hybridized carbons (Fsp3) is 0.227. The highest BCUT2D eigenvalue weighted by molar-refractivity contribution is 6.30. The lowest BCUT2D eigenvalue weighted by atomic mass is 9.97. The van der Waals surface area contributed by atoms with E-state index in [9.17, 15) is 9.18 Å². The molecule has 4 heterocycles. The third-order valence-corrected chi connectivity index (χ3v) is 5.68. The monoisotopic (exact) mass is 451 g/mol. The van der Waals surface area contributed by atoms with E-state index in [1.807, 2.05) is 11.0 Å². The van der Waals surface area contributed by atoms with Gasteiger partial charge in [0.05, 0.1) is 16.5 Å². The van der Waals surface area contributed by atoms with Crippen LogP contribution in [-0.2, 0) is 4.79 Å². The van der Waals surface area contributed by atoms with Crippen LogP contribution in [0.5, 0.6) is 0 Å². The lowest BCUT2D eigenvalue weighted by Gasteiger charge is -2.32. The molecular weight excluding hydrogens is 433 g/mol. The van der Waals surface area contributed by atoms with E-state index < -0.39 is 0 Å². The molecule has 1 N–H and O–H groups in total. The van der Waals surface area contributed by atoms with Gasteiger partial charge in [0.15, 0.2) is 11.5 Å². The quantitative estimate of drug-likeness (QED) is 0.507. The minimum absolute atomic E-state index is 0.0954. The summed E-state index contributed by atoms with van der Waals surface area (Å²) in [6.45, 7) is 1.27. The molecule has 0 spiro atoms. The highest BCUT2D eigenvalue weighted by Crippen LogP contribution is 2.25. The molecule has 10 heteroatoms. The van der Waals surface area contributed by atoms with Crippen molar-refractivity contribution in [2.75, 3.05) is 23.3 Å². The number of fused-ring (bicyclic) bond motifs is 1. The first-order chi connectivity index (χ1) is 15.6. The number of halogens is 2. The molecule has 0 aliphatic carbocycles. The van der Waals surface area contributed by atoms with Crippen LogP contribution >= 0.6 is 11.6 Å². The summed E-state index contributed by atoms with van der Waals surface area (Å²) in [6.07, 6.45) is 3.11. The molecular formula is C22H19ClFN7O. The second-order valence-electron chi connectivity index (χ2n) is 7.60. The molecule has 4 aromatic rings. The van der Waals surface area contributed by atoms with Gasteiger partial charge in [0.2, 0.25) is 5.91 Å². The zero-order chi connectivity index (χ0) is 22.1. The molecule has 0 bridgehead atoms. The predicted molar refractivity (Wildman–Crippen MR) is 119 cm³/mol. The first-order valence-corrected chi connectivity index (χ1v) is 10.6. The van der Waals surface area contributed by atoms with E-state index in [0.29, 0.717) is 40.2 Å². The smallest absolute Gasteiger partial charge is 0.230 e. The molecule has 8 nitrogen and oxygen atoms in total. The maximum Gasteiger partial charge on any atom is 0.230 e. The van der Waals surface area contributed by atoms with Crippen molar-refractivity contribution in [3.05, 3.63) is 65.6 Å². The van der Waals surface area contributed by atoms with Gasteiger partial charge < -0.3 is 10.2 Å². The zero-order valence-electron chi connectivity index (χ0n) is 16.9. The van der Waals surface area contributed by atoms with Crippen molar-refractivity contribution >= 4 is 34.8 Å². The highest BCUT2D eigenvalue weighted by atomic mass is 35.5. The number of benzene rings is 1. The second kappa shape index (κ2) is 8.51. The number of nitrogens with zero attached hydrogens (tertiary/aromatic N) is 6. The van der Waals surface area contributed by atoms with Gasteiger partial charge in [0, 0.05) is 19.3 Å². The van der Waals surface area contributed by atoms with Gasteiger partial charge in [-0.25, -0.2) is 9.37 Å². The van der Waals surface area contributed by atoms with Crippen molar-refractivity contribution in [1.29, 1.82) is 0 Å². The minimum Gasteiger partial charge on any atom is -0.354 e. The summed E-state index contributed by atoms with van der Waals surface area (Å²) in [7, 11) is 0. The molecule has 1 fully saturated rings. The fourth-order valence-electron chi connectivity index (χ4n) is 3.84. The molecule has 1 atom stereocenters. The van der Waals surface area contributed by atoms with Gasteiger partial charge in [-0.2, -0.15) is 4.52 Å². The van der Waals surface area contributed by atoms with Crippen LogP contribution in [-0.4, -0.2) is 43.8 Å². The maximum atomic E-state index is 14.3. The van der Waals surface area contributed by atoms with Crippen LogP contribution < -0.4 is 10.2 Å². The van der Waals surface area contributed by atoms with Gasteiger partial charge in [-0.1, -0.05) is 23.7 Å². The molecule has 1 saturated heterocycles. The Balaban J connectivity index is 1.37. The standard InChI is InChI=1S/C22H19ClFN7O/c23-15-7-8-18(25-12-15)26-22(32)14-4-3-11-30(13-14)20-10-9-19-27-28-21(31(19)29-20)16-5-1-2-6-17(16)24/h1-2,5-10,12,14H,3-4,11,13H2,(H,25,26,32)/t14-/m0/s1. The van der Waals surface area contributed by atoms with Crippen LogP contribution in [0.3, 0.4) is 0 Å². The number of aromatic nitrogens is 5. The maximum absolute atomic E-state index is 14.3. The zero-order valence-corrected chi connectivity index (χ0v) is 17.7. The lowest BCUT2D eigenvalue weighted by molar-refractivity contribution is -0.120. The summed E-state index contributed by atoms with van der Waals surface area (Å²) in [6, 6.07) is 13.4. The molecule has 1 aromatic carbocycles. The number of pyridine rings is 1. The lowest BCUT2D eigenvalue weighted by Crippen LogP contribution is -2.41. The molecule has 0 saturated carbocycles. The molecule has 5 rings (SSSR count). The SMILES string of the molecule is O=C(Nc1ccc(Cl)cn1)[C@H]1CCCN(c2ccc3nnc(-c4ccccc4F)n3n2)C1. The summed E-state index contributed by atoms with van der Waals surface area (Å²) < 4.78 is 15.8. The summed E-state index contributed by atoms with van der Waals surface area (Å²) in [5.74, 6) is 0.777. The van der Waals surface area contributed by atoms with Gasteiger partial charge >= 0.3 is 0 Å².